The van der Waals surface area contributed by atoms with Crippen LogP contribution in [-0.4, -0.2) is 42.9 Å². The number of nitrogens with one attached hydrogen (secondary N) is 2. The Bertz CT molecular complexity index is 547. The van der Waals surface area contributed by atoms with Crippen LogP contribution in [0.25, 0.3) is 0 Å². The van der Waals surface area contributed by atoms with Crippen LogP contribution in [-0.2, 0) is 16.1 Å². The molecule has 3 rings (SSSR count). The molecule has 0 aromatic heterocycles. The zero-order chi connectivity index (χ0) is 16.8. The molecule has 2 aliphatic rings. The summed E-state index contributed by atoms with van der Waals surface area (Å²) in [4.78, 5) is 26.8. The second kappa shape index (κ2) is 8.29. The predicted molar refractivity (Wildman–Crippen MR) is 93.2 cm³/mol. The molecule has 0 bridgehead atoms. The SMILES string of the molecule is O=C(NCc1ccccc1)C1CCN(C(=O)C2CCCNC2)CC1. The molecule has 2 heterocycles. The lowest BCUT2D eigenvalue weighted by atomic mass is 9.93. The number of piperidine rings is 2. The summed E-state index contributed by atoms with van der Waals surface area (Å²) in [5, 5.41) is 6.33. The fraction of sp³-hybridized carbons (Fsp3) is 0.579. The third kappa shape index (κ3) is 4.35. The molecular weight excluding hydrogens is 302 g/mol. The molecule has 24 heavy (non-hydrogen) atoms. The van der Waals surface area contributed by atoms with E-state index >= 15 is 0 Å². The first kappa shape index (κ1) is 17.0. The van der Waals surface area contributed by atoms with Gasteiger partial charge in [-0.1, -0.05) is 30.3 Å². The van der Waals surface area contributed by atoms with Crippen molar-refractivity contribution in [3.8, 4) is 0 Å². The number of carbonyl (C=O) groups is 2. The molecular formula is C19H27N3O2. The van der Waals surface area contributed by atoms with E-state index in [1.807, 2.05) is 35.2 Å². The zero-order valence-corrected chi connectivity index (χ0v) is 14.2. The van der Waals surface area contributed by atoms with Gasteiger partial charge in [-0.05, 0) is 37.8 Å². The standard InChI is InChI=1S/C19H27N3O2/c23-18(21-13-15-5-2-1-3-6-15)16-8-11-22(12-9-16)19(24)17-7-4-10-20-14-17/h1-3,5-6,16-17,20H,4,7-14H2,(H,21,23). The van der Waals surface area contributed by atoms with E-state index in [2.05, 4.69) is 10.6 Å². The van der Waals surface area contributed by atoms with Gasteiger partial charge < -0.3 is 15.5 Å². The van der Waals surface area contributed by atoms with Gasteiger partial charge in [-0.25, -0.2) is 0 Å². The second-order valence-electron chi connectivity index (χ2n) is 6.85. The van der Waals surface area contributed by atoms with Crippen LogP contribution in [0.15, 0.2) is 30.3 Å². The Morgan fingerprint density at radius 3 is 2.50 bits per heavy atom. The molecule has 0 radical (unpaired) electrons. The minimum Gasteiger partial charge on any atom is -0.352 e. The third-order valence-corrected chi connectivity index (χ3v) is 5.13. The van der Waals surface area contributed by atoms with Gasteiger partial charge in [-0.2, -0.15) is 0 Å². The molecule has 2 saturated heterocycles. The lowest BCUT2D eigenvalue weighted by Gasteiger charge is -2.34. The summed E-state index contributed by atoms with van der Waals surface area (Å²) in [6, 6.07) is 9.96. The van der Waals surface area contributed by atoms with Crippen molar-refractivity contribution in [2.45, 2.75) is 32.2 Å². The summed E-state index contributed by atoms with van der Waals surface area (Å²) in [6.45, 7) is 3.81. The Labute approximate surface area is 143 Å². The van der Waals surface area contributed by atoms with Crippen molar-refractivity contribution in [3.05, 3.63) is 35.9 Å². The first-order valence-corrected chi connectivity index (χ1v) is 9.05. The number of benzene rings is 1. The number of rotatable bonds is 4. The van der Waals surface area contributed by atoms with E-state index in [0.29, 0.717) is 19.6 Å². The second-order valence-corrected chi connectivity index (χ2v) is 6.85. The Hall–Kier alpha value is -1.88. The number of carbonyl (C=O) groups excluding carboxylic acids is 2. The van der Waals surface area contributed by atoms with E-state index in [1.165, 1.54) is 0 Å². The topological polar surface area (TPSA) is 61.4 Å². The average molecular weight is 329 g/mol. The van der Waals surface area contributed by atoms with E-state index in [-0.39, 0.29) is 23.7 Å². The van der Waals surface area contributed by atoms with Gasteiger partial charge in [0, 0.05) is 32.1 Å². The van der Waals surface area contributed by atoms with Crippen LogP contribution in [0.3, 0.4) is 0 Å². The summed E-state index contributed by atoms with van der Waals surface area (Å²) in [7, 11) is 0. The van der Waals surface area contributed by atoms with Gasteiger partial charge in [0.15, 0.2) is 0 Å². The van der Waals surface area contributed by atoms with E-state index in [9.17, 15) is 9.59 Å². The van der Waals surface area contributed by atoms with Gasteiger partial charge in [0.1, 0.15) is 0 Å². The Balaban J connectivity index is 1.42. The minimum atomic E-state index is 0.0299. The fourth-order valence-electron chi connectivity index (χ4n) is 3.61. The highest BCUT2D eigenvalue weighted by Crippen LogP contribution is 2.21. The third-order valence-electron chi connectivity index (χ3n) is 5.13. The molecule has 2 fully saturated rings. The van der Waals surface area contributed by atoms with Gasteiger partial charge >= 0.3 is 0 Å². The molecule has 2 N–H and O–H groups in total. The Morgan fingerprint density at radius 2 is 1.83 bits per heavy atom. The van der Waals surface area contributed by atoms with Crippen LogP contribution in [0, 0.1) is 11.8 Å². The molecule has 1 atom stereocenters. The van der Waals surface area contributed by atoms with E-state index in [4.69, 9.17) is 0 Å². The van der Waals surface area contributed by atoms with E-state index in [0.717, 1.165) is 44.3 Å². The molecule has 1 aromatic rings. The summed E-state index contributed by atoms with van der Waals surface area (Å²) >= 11 is 0. The highest BCUT2D eigenvalue weighted by molar-refractivity contribution is 5.81. The maximum Gasteiger partial charge on any atom is 0.226 e. The first-order valence-electron chi connectivity index (χ1n) is 9.05. The Morgan fingerprint density at radius 1 is 1.08 bits per heavy atom. The van der Waals surface area contributed by atoms with Gasteiger partial charge in [0.05, 0.1) is 5.92 Å². The van der Waals surface area contributed by atoms with Crippen molar-refractivity contribution in [1.82, 2.24) is 15.5 Å². The van der Waals surface area contributed by atoms with Crippen LogP contribution < -0.4 is 10.6 Å². The number of hydrogen-bond acceptors (Lipinski definition) is 3. The lowest BCUT2D eigenvalue weighted by Crippen LogP contribution is -2.47. The molecule has 5 heteroatoms. The fourth-order valence-corrected chi connectivity index (χ4v) is 3.61. The molecule has 5 nitrogen and oxygen atoms in total. The number of hydrogen-bond donors (Lipinski definition) is 2. The molecule has 0 aliphatic carbocycles. The number of likely N-dealkylation sites (tertiary alicyclic amines) is 1. The van der Waals surface area contributed by atoms with Crippen LogP contribution in [0.2, 0.25) is 0 Å². The van der Waals surface area contributed by atoms with Crippen LogP contribution in [0.5, 0.6) is 0 Å². The predicted octanol–water partition coefficient (Wildman–Crippen LogP) is 1.54. The molecule has 1 aromatic carbocycles. The van der Waals surface area contributed by atoms with Crippen molar-refractivity contribution in [3.63, 3.8) is 0 Å². The van der Waals surface area contributed by atoms with Crippen molar-refractivity contribution < 1.29 is 9.59 Å². The van der Waals surface area contributed by atoms with E-state index < -0.39 is 0 Å². The Kier molecular flexibility index (Phi) is 5.86. The summed E-state index contributed by atoms with van der Waals surface area (Å²) in [5.41, 5.74) is 1.11. The summed E-state index contributed by atoms with van der Waals surface area (Å²) in [6.07, 6.45) is 3.61. The summed E-state index contributed by atoms with van der Waals surface area (Å²) in [5.74, 6) is 0.542. The highest BCUT2D eigenvalue weighted by atomic mass is 16.2. The molecule has 0 saturated carbocycles. The van der Waals surface area contributed by atoms with Gasteiger partial charge in [-0.3, -0.25) is 9.59 Å². The molecule has 0 spiro atoms. The van der Waals surface area contributed by atoms with Crippen LogP contribution >= 0.6 is 0 Å². The smallest absolute Gasteiger partial charge is 0.226 e. The quantitative estimate of drug-likeness (QED) is 0.881. The van der Waals surface area contributed by atoms with Crippen LogP contribution in [0.1, 0.15) is 31.2 Å². The number of nitrogens with zero attached hydrogens (tertiary/aromatic N) is 1. The van der Waals surface area contributed by atoms with Crippen molar-refractivity contribution in [2.24, 2.45) is 11.8 Å². The normalized spacial score (nSPS) is 22.2. The van der Waals surface area contributed by atoms with E-state index in [1.54, 1.807) is 0 Å². The largest absolute Gasteiger partial charge is 0.352 e. The monoisotopic (exact) mass is 329 g/mol. The van der Waals surface area contributed by atoms with Crippen LogP contribution in [0.4, 0.5) is 0 Å². The molecule has 2 amide bonds. The minimum absolute atomic E-state index is 0.0299. The van der Waals surface area contributed by atoms with Crippen molar-refractivity contribution in [1.29, 1.82) is 0 Å². The van der Waals surface area contributed by atoms with Gasteiger partial charge in [0.2, 0.25) is 11.8 Å². The molecule has 1 unspecified atom stereocenters. The molecule has 2 aliphatic heterocycles. The zero-order valence-electron chi connectivity index (χ0n) is 14.2. The average Bonchev–Trinajstić information content (AvgIpc) is 2.67. The van der Waals surface area contributed by atoms with Crippen molar-refractivity contribution in [2.75, 3.05) is 26.2 Å². The maximum atomic E-state index is 12.5. The van der Waals surface area contributed by atoms with Gasteiger partial charge in [-0.15, -0.1) is 0 Å². The number of amides is 2. The highest BCUT2D eigenvalue weighted by Gasteiger charge is 2.31. The van der Waals surface area contributed by atoms with Crippen molar-refractivity contribution >= 4 is 11.8 Å². The van der Waals surface area contributed by atoms with Gasteiger partial charge in [0.25, 0.3) is 0 Å². The lowest BCUT2D eigenvalue weighted by molar-refractivity contribution is -0.139. The molecule has 130 valence electrons. The maximum absolute atomic E-state index is 12.5. The summed E-state index contributed by atoms with van der Waals surface area (Å²) < 4.78 is 0. The first-order chi connectivity index (χ1) is 11.7.